The topological polar surface area (TPSA) is 114 Å². The van der Waals surface area contributed by atoms with E-state index in [-0.39, 0.29) is 36.7 Å². The zero-order chi connectivity index (χ0) is 39.6. The minimum atomic E-state index is -3.97. The monoisotopic (exact) mass is 798 g/mol. The summed E-state index contributed by atoms with van der Waals surface area (Å²) >= 11 is 1.76. The third-order valence-electron chi connectivity index (χ3n) is 9.99. The maximum absolute atomic E-state index is 13.8. The first-order chi connectivity index (χ1) is 27.7. The van der Waals surface area contributed by atoms with Crippen LogP contribution in [0.4, 0.5) is 0 Å². The Morgan fingerprint density at radius 1 is 0.754 bits per heavy atom. The Morgan fingerprint density at radius 2 is 1.40 bits per heavy atom. The lowest BCUT2D eigenvalue weighted by Gasteiger charge is -2.36. The Balaban J connectivity index is 1.06. The van der Waals surface area contributed by atoms with E-state index in [1.165, 1.54) is 4.90 Å². The molecular weight excluding hydrogens is 753 g/mol. The van der Waals surface area contributed by atoms with Gasteiger partial charge in [-0.05, 0) is 71.0 Å². The average Bonchev–Trinajstić information content (AvgIpc) is 3.25. The fraction of sp³-hybridized carbons (Fsp3) is 0.213. The van der Waals surface area contributed by atoms with Crippen molar-refractivity contribution in [3.63, 3.8) is 0 Å². The minimum Gasteiger partial charge on any atom is -0.392 e. The van der Waals surface area contributed by atoms with Crippen molar-refractivity contribution in [1.29, 1.82) is 0 Å². The molecule has 4 atom stereocenters. The number of benzene rings is 6. The maximum Gasteiger partial charge on any atom is 0.241 e. The van der Waals surface area contributed by atoms with E-state index in [9.17, 15) is 18.3 Å². The Kier molecular flexibility index (Phi) is 13.3. The lowest BCUT2D eigenvalue weighted by atomic mass is 9.97. The van der Waals surface area contributed by atoms with E-state index in [0.717, 1.165) is 50.3 Å². The number of carbonyl (C=O) groups is 1. The molecule has 1 amide bonds. The van der Waals surface area contributed by atoms with E-state index in [0.29, 0.717) is 6.42 Å². The third kappa shape index (κ3) is 10.7. The van der Waals surface area contributed by atoms with Gasteiger partial charge in [0.05, 0.1) is 23.7 Å². The molecule has 0 saturated carbocycles. The summed E-state index contributed by atoms with van der Waals surface area (Å²) in [4.78, 5) is 15.1. The van der Waals surface area contributed by atoms with Gasteiger partial charge in [-0.25, -0.2) is 8.42 Å². The molecule has 8 nitrogen and oxygen atoms in total. The molecule has 1 fully saturated rings. The van der Waals surface area contributed by atoms with Crippen molar-refractivity contribution in [1.82, 2.24) is 10.0 Å². The summed E-state index contributed by atoms with van der Waals surface area (Å²) in [6.45, 7) is 2.07. The highest BCUT2D eigenvalue weighted by Crippen LogP contribution is 2.40. The van der Waals surface area contributed by atoms with Crippen molar-refractivity contribution in [2.45, 2.75) is 67.2 Å². The van der Waals surface area contributed by atoms with Crippen molar-refractivity contribution in [2.75, 3.05) is 5.75 Å². The van der Waals surface area contributed by atoms with Crippen LogP contribution in [0.5, 0.6) is 0 Å². The number of hydrogen-bond acceptors (Lipinski definition) is 7. The van der Waals surface area contributed by atoms with Crippen molar-refractivity contribution in [3.05, 3.63) is 191 Å². The van der Waals surface area contributed by atoms with Crippen LogP contribution in [0.2, 0.25) is 0 Å². The molecule has 0 radical (unpaired) electrons. The standard InChI is InChI=1S/C47H46N2O6S2/c1-33-16-26-42(27-17-33)57(52,53)49-44(28-34-10-4-2-5-11-34)46(51)48-30-39-12-8-9-15-43(39)36-22-24-38(25-23-36)47-54-40(32-56-41-13-6-3-7-14-41)29-45(55-47)37-20-18-35(31-50)19-21-37/h2-27,40,44-45,47,49-50H,28-32H2,1H3,(H,48,51)/t40-,44+,45+,47+/m0/s1. The highest BCUT2D eigenvalue weighted by Gasteiger charge is 2.32. The molecule has 6 aromatic rings. The molecule has 1 saturated heterocycles. The van der Waals surface area contributed by atoms with Crippen LogP contribution in [0, 0.1) is 6.92 Å². The molecule has 0 spiro atoms. The van der Waals surface area contributed by atoms with Crippen molar-refractivity contribution < 1.29 is 27.8 Å². The number of aliphatic hydroxyl groups excluding tert-OH is 1. The van der Waals surface area contributed by atoms with Crippen LogP contribution in [0.25, 0.3) is 11.1 Å². The van der Waals surface area contributed by atoms with Crippen LogP contribution < -0.4 is 10.0 Å². The van der Waals surface area contributed by atoms with Gasteiger partial charge in [-0.2, -0.15) is 4.72 Å². The largest absolute Gasteiger partial charge is 0.392 e. The van der Waals surface area contributed by atoms with Gasteiger partial charge in [-0.1, -0.05) is 139 Å². The summed E-state index contributed by atoms with van der Waals surface area (Å²) in [6, 6.07) is 49.0. The Hall–Kier alpha value is -5.07. The number of amides is 1. The molecule has 0 aliphatic carbocycles. The Morgan fingerprint density at radius 3 is 2.11 bits per heavy atom. The predicted molar refractivity (Wildman–Crippen MR) is 225 cm³/mol. The van der Waals surface area contributed by atoms with Crippen molar-refractivity contribution in [3.8, 4) is 11.1 Å². The summed E-state index contributed by atoms with van der Waals surface area (Å²) in [5.74, 6) is 0.345. The zero-order valence-electron chi connectivity index (χ0n) is 31.7. The second-order valence-corrected chi connectivity index (χ2v) is 17.0. The highest BCUT2D eigenvalue weighted by molar-refractivity contribution is 7.99. The van der Waals surface area contributed by atoms with Gasteiger partial charge in [0.15, 0.2) is 6.29 Å². The molecule has 1 aliphatic rings. The molecule has 7 rings (SSSR count). The molecule has 10 heteroatoms. The van der Waals surface area contributed by atoms with Gasteiger partial charge in [-0.15, -0.1) is 11.8 Å². The van der Waals surface area contributed by atoms with Gasteiger partial charge in [0.25, 0.3) is 0 Å². The predicted octanol–water partition coefficient (Wildman–Crippen LogP) is 8.70. The van der Waals surface area contributed by atoms with E-state index in [1.807, 2.05) is 128 Å². The van der Waals surface area contributed by atoms with E-state index in [1.54, 1.807) is 36.0 Å². The minimum absolute atomic E-state index is 0.0133. The number of aryl methyl sites for hydroxylation is 1. The second kappa shape index (κ2) is 18.9. The average molecular weight is 799 g/mol. The molecule has 3 N–H and O–H groups in total. The molecule has 1 aliphatic heterocycles. The summed E-state index contributed by atoms with van der Waals surface area (Å²) in [5, 5.41) is 12.6. The lowest BCUT2D eigenvalue weighted by molar-refractivity contribution is -0.245. The number of carbonyl (C=O) groups excluding carboxylic acids is 1. The summed E-state index contributed by atoms with van der Waals surface area (Å²) in [5.41, 5.74) is 7.33. The summed E-state index contributed by atoms with van der Waals surface area (Å²) in [7, 11) is -3.97. The van der Waals surface area contributed by atoms with Gasteiger partial charge >= 0.3 is 0 Å². The first-order valence-corrected chi connectivity index (χ1v) is 21.5. The normalized spacial score (nSPS) is 17.5. The number of rotatable bonds is 15. The smallest absolute Gasteiger partial charge is 0.241 e. The van der Waals surface area contributed by atoms with E-state index >= 15 is 0 Å². The molecule has 57 heavy (non-hydrogen) atoms. The first-order valence-electron chi connectivity index (χ1n) is 19.0. The molecule has 1 heterocycles. The third-order valence-corrected chi connectivity index (χ3v) is 12.6. The van der Waals surface area contributed by atoms with Crippen LogP contribution in [-0.2, 0) is 43.9 Å². The molecule has 6 aromatic carbocycles. The second-order valence-electron chi connectivity index (χ2n) is 14.1. The lowest BCUT2D eigenvalue weighted by Crippen LogP contribution is -2.47. The summed E-state index contributed by atoms with van der Waals surface area (Å²) in [6.07, 6.45) is 0.0521. The van der Waals surface area contributed by atoms with Crippen LogP contribution in [0.1, 0.15) is 52.2 Å². The Labute approximate surface area is 339 Å². The highest BCUT2D eigenvalue weighted by atomic mass is 32.2. The van der Waals surface area contributed by atoms with E-state index < -0.39 is 28.3 Å². The fourth-order valence-corrected chi connectivity index (χ4v) is 8.96. The maximum atomic E-state index is 13.8. The van der Waals surface area contributed by atoms with E-state index in [4.69, 9.17) is 9.47 Å². The quantitative estimate of drug-likeness (QED) is 0.0892. The van der Waals surface area contributed by atoms with Gasteiger partial charge in [0.1, 0.15) is 6.04 Å². The molecular formula is C47H46N2O6S2. The van der Waals surface area contributed by atoms with Crippen molar-refractivity contribution in [2.24, 2.45) is 0 Å². The number of nitrogens with one attached hydrogen (secondary N) is 2. The first kappa shape index (κ1) is 40.1. The molecule has 0 unspecified atom stereocenters. The van der Waals surface area contributed by atoms with Gasteiger partial charge in [-0.3, -0.25) is 4.79 Å². The number of aliphatic hydroxyl groups is 1. The van der Waals surface area contributed by atoms with Gasteiger partial charge in [0, 0.05) is 29.2 Å². The number of ether oxygens (including phenoxy) is 2. The Bertz CT molecular complexity index is 2320. The van der Waals surface area contributed by atoms with Crippen LogP contribution in [-0.4, -0.2) is 37.3 Å². The zero-order valence-corrected chi connectivity index (χ0v) is 33.3. The molecule has 292 valence electrons. The SMILES string of the molecule is Cc1ccc(S(=O)(=O)N[C@H](Cc2ccccc2)C(=O)NCc2ccccc2-c2ccc([C@@H]3O[C@H](CSc4ccccc4)C[C@H](c4ccc(CO)cc4)O3)cc2)cc1. The fourth-order valence-electron chi connectivity index (χ4n) is 6.82. The number of hydrogen-bond donors (Lipinski definition) is 3. The van der Waals surface area contributed by atoms with Crippen LogP contribution >= 0.6 is 11.8 Å². The van der Waals surface area contributed by atoms with Crippen molar-refractivity contribution >= 4 is 27.7 Å². The molecule has 0 aromatic heterocycles. The van der Waals surface area contributed by atoms with E-state index in [2.05, 4.69) is 22.2 Å². The van der Waals surface area contributed by atoms with Crippen LogP contribution in [0.3, 0.4) is 0 Å². The van der Waals surface area contributed by atoms with Gasteiger partial charge < -0.3 is 19.9 Å². The number of sulfonamides is 1. The van der Waals surface area contributed by atoms with Gasteiger partial charge in [0.2, 0.25) is 15.9 Å². The number of thioether (sulfide) groups is 1. The van der Waals surface area contributed by atoms with Crippen LogP contribution in [0.15, 0.2) is 168 Å². The summed E-state index contributed by atoms with van der Waals surface area (Å²) < 4.78 is 42.6. The molecule has 0 bridgehead atoms.